The lowest BCUT2D eigenvalue weighted by Gasteiger charge is -2.07. The SMILES string of the molecule is CCCNc1ncc(F)c(OCc2ccco2)n1. The molecule has 5 nitrogen and oxygen atoms in total. The van der Waals surface area contributed by atoms with Crippen molar-refractivity contribution in [3.63, 3.8) is 0 Å². The van der Waals surface area contributed by atoms with Crippen LogP contribution in [0.5, 0.6) is 5.88 Å². The minimum absolute atomic E-state index is 0.0833. The van der Waals surface area contributed by atoms with E-state index in [1.165, 1.54) is 6.26 Å². The van der Waals surface area contributed by atoms with Crippen molar-refractivity contribution in [2.45, 2.75) is 20.0 Å². The third kappa shape index (κ3) is 3.19. The fraction of sp³-hybridized carbons (Fsp3) is 0.333. The van der Waals surface area contributed by atoms with Gasteiger partial charge in [-0.05, 0) is 18.6 Å². The molecule has 0 radical (unpaired) electrons. The molecule has 0 amide bonds. The number of halogens is 1. The van der Waals surface area contributed by atoms with E-state index in [1.807, 2.05) is 6.92 Å². The Morgan fingerprint density at radius 1 is 1.50 bits per heavy atom. The molecule has 96 valence electrons. The molecular formula is C12H14FN3O2. The van der Waals surface area contributed by atoms with E-state index in [4.69, 9.17) is 9.15 Å². The molecule has 18 heavy (non-hydrogen) atoms. The van der Waals surface area contributed by atoms with E-state index < -0.39 is 5.82 Å². The van der Waals surface area contributed by atoms with Crippen LogP contribution in [-0.4, -0.2) is 16.5 Å². The van der Waals surface area contributed by atoms with Crippen LogP contribution in [0, 0.1) is 5.82 Å². The van der Waals surface area contributed by atoms with E-state index in [2.05, 4.69) is 15.3 Å². The summed E-state index contributed by atoms with van der Waals surface area (Å²) >= 11 is 0. The number of furan rings is 1. The maximum atomic E-state index is 13.4. The first-order valence-corrected chi connectivity index (χ1v) is 5.71. The van der Waals surface area contributed by atoms with Crippen LogP contribution in [0.2, 0.25) is 0 Å². The van der Waals surface area contributed by atoms with Crippen molar-refractivity contribution in [1.82, 2.24) is 9.97 Å². The Kier molecular flexibility index (Phi) is 4.11. The molecule has 0 atom stereocenters. The quantitative estimate of drug-likeness (QED) is 0.855. The number of hydrogen-bond acceptors (Lipinski definition) is 5. The van der Waals surface area contributed by atoms with Gasteiger partial charge in [0, 0.05) is 6.54 Å². The van der Waals surface area contributed by atoms with Gasteiger partial charge in [-0.25, -0.2) is 4.98 Å². The molecule has 6 heteroatoms. The summed E-state index contributed by atoms with van der Waals surface area (Å²) in [5.74, 6) is 0.285. The highest BCUT2D eigenvalue weighted by molar-refractivity contribution is 5.28. The van der Waals surface area contributed by atoms with Crippen LogP contribution >= 0.6 is 0 Å². The summed E-state index contributed by atoms with van der Waals surface area (Å²) in [5.41, 5.74) is 0. The topological polar surface area (TPSA) is 60.2 Å². The maximum absolute atomic E-state index is 13.4. The summed E-state index contributed by atoms with van der Waals surface area (Å²) in [6.45, 7) is 2.88. The van der Waals surface area contributed by atoms with Gasteiger partial charge in [0.2, 0.25) is 11.8 Å². The normalized spacial score (nSPS) is 10.3. The summed E-state index contributed by atoms with van der Waals surface area (Å²) in [6, 6.07) is 3.48. The predicted octanol–water partition coefficient (Wildman–Crippen LogP) is 2.61. The lowest BCUT2D eigenvalue weighted by atomic mass is 10.5. The number of hydrogen-bond donors (Lipinski definition) is 1. The third-order valence-electron chi connectivity index (χ3n) is 2.18. The summed E-state index contributed by atoms with van der Waals surface area (Å²) in [6.07, 6.45) is 3.55. The first-order valence-electron chi connectivity index (χ1n) is 5.71. The summed E-state index contributed by atoms with van der Waals surface area (Å²) in [4.78, 5) is 7.77. The molecule has 0 aromatic carbocycles. The molecule has 0 bridgehead atoms. The number of nitrogens with one attached hydrogen (secondary N) is 1. The number of aromatic nitrogens is 2. The minimum atomic E-state index is -0.594. The standard InChI is InChI=1S/C12H14FN3O2/c1-2-5-14-12-15-7-10(13)11(16-12)18-8-9-4-3-6-17-9/h3-4,6-7H,2,5,8H2,1H3,(H,14,15,16). The smallest absolute Gasteiger partial charge is 0.255 e. The van der Waals surface area contributed by atoms with Crippen molar-refractivity contribution < 1.29 is 13.5 Å². The maximum Gasteiger partial charge on any atom is 0.255 e. The molecule has 0 saturated carbocycles. The molecule has 2 rings (SSSR count). The summed E-state index contributed by atoms with van der Waals surface area (Å²) < 4.78 is 23.7. The lowest BCUT2D eigenvalue weighted by Crippen LogP contribution is -2.07. The van der Waals surface area contributed by atoms with Crippen LogP contribution in [0.15, 0.2) is 29.0 Å². The Balaban J connectivity index is 2.01. The van der Waals surface area contributed by atoms with E-state index in [-0.39, 0.29) is 12.5 Å². The largest absolute Gasteiger partial charge is 0.467 e. The zero-order valence-electron chi connectivity index (χ0n) is 10.0. The monoisotopic (exact) mass is 251 g/mol. The molecule has 0 aliphatic heterocycles. The van der Waals surface area contributed by atoms with E-state index in [1.54, 1.807) is 12.1 Å². The predicted molar refractivity (Wildman–Crippen MR) is 63.8 cm³/mol. The highest BCUT2D eigenvalue weighted by Gasteiger charge is 2.09. The van der Waals surface area contributed by atoms with Crippen LogP contribution in [0.25, 0.3) is 0 Å². The van der Waals surface area contributed by atoms with E-state index in [0.717, 1.165) is 19.2 Å². The number of nitrogens with zero attached hydrogens (tertiary/aromatic N) is 2. The van der Waals surface area contributed by atoms with Crippen molar-refractivity contribution >= 4 is 5.95 Å². The third-order valence-corrected chi connectivity index (χ3v) is 2.18. The fourth-order valence-electron chi connectivity index (χ4n) is 1.31. The van der Waals surface area contributed by atoms with Gasteiger partial charge < -0.3 is 14.5 Å². The van der Waals surface area contributed by atoms with Crippen LogP contribution in [0.3, 0.4) is 0 Å². The molecule has 0 aliphatic rings. The van der Waals surface area contributed by atoms with Crippen molar-refractivity contribution in [3.05, 3.63) is 36.2 Å². The number of anilines is 1. The minimum Gasteiger partial charge on any atom is -0.467 e. The first kappa shape index (κ1) is 12.3. The zero-order chi connectivity index (χ0) is 12.8. The van der Waals surface area contributed by atoms with Gasteiger partial charge >= 0.3 is 0 Å². The van der Waals surface area contributed by atoms with Gasteiger partial charge in [0.25, 0.3) is 5.88 Å². The Hall–Kier alpha value is -2.11. The second-order valence-electron chi connectivity index (χ2n) is 3.64. The highest BCUT2D eigenvalue weighted by Crippen LogP contribution is 2.16. The number of ether oxygens (including phenoxy) is 1. The Bertz CT molecular complexity index is 488. The van der Waals surface area contributed by atoms with Gasteiger partial charge in [-0.2, -0.15) is 9.37 Å². The molecule has 0 aliphatic carbocycles. The average molecular weight is 251 g/mol. The Morgan fingerprint density at radius 2 is 2.39 bits per heavy atom. The Labute approximate surface area is 104 Å². The molecule has 0 unspecified atom stereocenters. The fourth-order valence-corrected chi connectivity index (χ4v) is 1.31. The van der Waals surface area contributed by atoms with Gasteiger partial charge in [0.15, 0.2) is 0 Å². The molecule has 0 saturated heterocycles. The van der Waals surface area contributed by atoms with Crippen LogP contribution in [0.4, 0.5) is 10.3 Å². The second kappa shape index (κ2) is 6.00. The molecule has 2 aromatic heterocycles. The van der Waals surface area contributed by atoms with E-state index in [9.17, 15) is 4.39 Å². The molecule has 2 heterocycles. The van der Waals surface area contributed by atoms with E-state index in [0.29, 0.717) is 11.7 Å². The molecule has 0 fully saturated rings. The number of rotatable bonds is 6. The lowest BCUT2D eigenvalue weighted by molar-refractivity contribution is 0.247. The Morgan fingerprint density at radius 3 is 3.11 bits per heavy atom. The van der Waals surface area contributed by atoms with E-state index >= 15 is 0 Å². The van der Waals surface area contributed by atoms with Crippen LogP contribution in [-0.2, 0) is 6.61 Å². The summed E-state index contributed by atoms with van der Waals surface area (Å²) in [7, 11) is 0. The first-order chi connectivity index (χ1) is 8.79. The molecule has 0 spiro atoms. The molecular weight excluding hydrogens is 237 g/mol. The van der Waals surface area contributed by atoms with Crippen molar-refractivity contribution in [3.8, 4) is 5.88 Å². The summed E-state index contributed by atoms with van der Waals surface area (Å²) in [5, 5.41) is 2.96. The van der Waals surface area contributed by atoms with Gasteiger partial charge in [0.1, 0.15) is 12.4 Å². The molecule has 2 aromatic rings. The van der Waals surface area contributed by atoms with Gasteiger partial charge in [0.05, 0.1) is 12.5 Å². The van der Waals surface area contributed by atoms with Crippen molar-refractivity contribution in [2.24, 2.45) is 0 Å². The van der Waals surface area contributed by atoms with Gasteiger partial charge in [-0.15, -0.1) is 0 Å². The van der Waals surface area contributed by atoms with Crippen molar-refractivity contribution in [2.75, 3.05) is 11.9 Å². The average Bonchev–Trinajstić information content (AvgIpc) is 2.89. The van der Waals surface area contributed by atoms with Gasteiger partial charge in [-0.3, -0.25) is 0 Å². The van der Waals surface area contributed by atoms with Gasteiger partial charge in [-0.1, -0.05) is 6.92 Å². The molecule has 1 N–H and O–H groups in total. The van der Waals surface area contributed by atoms with Crippen LogP contribution < -0.4 is 10.1 Å². The van der Waals surface area contributed by atoms with Crippen LogP contribution in [0.1, 0.15) is 19.1 Å². The van der Waals surface area contributed by atoms with Crippen molar-refractivity contribution in [1.29, 1.82) is 0 Å². The highest BCUT2D eigenvalue weighted by atomic mass is 19.1. The second-order valence-corrected chi connectivity index (χ2v) is 3.64. The zero-order valence-corrected chi connectivity index (χ0v) is 10.0.